The van der Waals surface area contributed by atoms with Crippen LogP contribution in [0, 0.1) is 6.92 Å². The molecule has 0 saturated carbocycles. The number of rotatable bonds is 8. The van der Waals surface area contributed by atoms with Crippen molar-refractivity contribution in [1.29, 1.82) is 0 Å². The van der Waals surface area contributed by atoms with Crippen LogP contribution in [0.2, 0.25) is 0 Å². The van der Waals surface area contributed by atoms with Crippen molar-refractivity contribution >= 4 is 0 Å². The molecule has 108 valence electrons. The average Bonchev–Trinajstić information content (AvgIpc) is 2.88. The number of methoxy groups -OCH3 is 1. The molecule has 0 amide bonds. The molecule has 0 fully saturated rings. The summed E-state index contributed by atoms with van der Waals surface area (Å²) in [5, 5.41) is 7.14. The van der Waals surface area contributed by atoms with Gasteiger partial charge in [-0.3, -0.25) is 0 Å². The molecule has 2 rings (SSSR count). The van der Waals surface area contributed by atoms with Crippen LogP contribution < -0.4 is 10.1 Å². The second-order valence-corrected chi connectivity index (χ2v) is 4.50. The van der Waals surface area contributed by atoms with Crippen molar-refractivity contribution in [3.8, 4) is 5.75 Å². The molecule has 5 heteroatoms. The Kier molecular flexibility index (Phi) is 5.58. The van der Waals surface area contributed by atoms with Gasteiger partial charge in [0.2, 0.25) is 0 Å². The summed E-state index contributed by atoms with van der Waals surface area (Å²) in [5.74, 6) is 1.58. The van der Waals surface area contributed by atoms with Gasteiger partial charge < -0.3 is 19.3 Å². The summed E-state index contributed by atoms with van der Waals surface area (Å²) in [7, 11) is 1.69. The van der Waals surface area contributed by atoms with E-state index in [-0.39, 0.29) is 0 Å². The van der Waals surface area contributed by atoms with E-state index in [0.29, 0.717) is 13.2 Å². The normalized spacial score (nSPS) is 10.7. The Morgan fingerprint density at radius 3 is 2.90 bits per heavy atom. The van der Waals surface area contributed by atoms with Crippen molar-refractivity contribution in [1.82, 2.24) is 10.5 Å². The summed E-state index contributed by atoms with van der Waals surface area (Å²) in [5.41, 5.74) is 1.97. The largest absolute Gasteiger partial charge is 0.485 e. The van der Waals surface area contributed by atoms with Crippen molar-refractivity contribution in [3.05, 3.63) is 47.3 Å². The molecule has 0 spiro atoms. The Bertz CT molecular complexity index is 525. The fourth-order valence-corrected chi connectivity index (χ4v) is 1.82. The summed E-state index contributed by atoms with van der Waals surface area (Å²) in [6.45, 7) is 4.53. The van der Waals surface area contributed by atoms with E-state index in [1.54, 1.807) is 7.11 Å². The highest BCUT2D eigenvalue weighted by molar-refractivity contribution is 5.33. The van der Waals surface area contributed by atoms with Gasteiger partial charge in [-0.1, -0.05) is 23.4 Å². The quantitative estimate of drug-likeness (QED) is 0.750. The van der Waals surface area contributed by atoms with Gasteiger partial charge in [-0.2, -0.15) is 0 Å². The van der Waals surface area contributed by atoms with E-state index in [9.17, 15) is 0 Å². The monoisotopic (exact) mass is 276 g/mol. The van der Waals surface area contributed by atoms with E-state index >= 15 is 0 Å². The minimum absolute atomic E-state index is 0.385. The minimum atomic E-state index is 0.385. The Balaban J connectivity index is 1.90. The summed E-state index contributed by atoms with van der Waals surface area (Å²) < 4.78 is 15.9. The van der Waals surface area contributed by atoms with Gasteiger partial charge >= 0.3 is 0 Å². The Labute approximate surface area is 118 Å². The molecule has 0 atom stereocenters. The zero-order valence-electron chi connectivity index (χ0n) is 11.9. The van der Waals surface area contributed by atoms with E-state index in [4.69, 9.17) is 14.0 Å². The number of hydrogen-bond donors (Lipinski definition) is 1. The molecule has 20 heavy (non-hydrogen) atoms. The lowest BCUT2D eigenvalue weighted by molar-refractivity contribution is 0.198. The van der Waals surface area contributed by atoms with E-state index < -0.39 is 0 Å². The third-order valence-electron chi connectivity index (χ3n) is 2.82. The lowest BCUT2D eigenvalue weighted by Gasteiger charge is -2.11. The highest BCUT2D eigenvalue weighted by Crippen LogP contribution is 2.19. The molecule has 2 aromatic rings. The van der Waals surface area contributed by atoms with Crippen molar-refractivity contribution < 1.29 is 14.0 Å². The predicted octanol–water partition coefficient (Wildman–Crippen LogP) is 2.30. The molecule has 0 aliphatic carbocycles. The number of nitrogens with one attached hydrogen (secondary N) is 1. The summed E-state index contributed by atoms with van der Waals surface area (Å²) in [6.07, 6.45) is 0. The van der Waals surface area contributed by atoms with Gasteiger partial charge in [-0.15, -0.1) is 0 Å². The topological polar surface area (TPSA) is 56.5 Å². The molecule has 1 N–H and O–H groups in total. The zero-order chi connectivity index (χ0) is 14.2. The molecule has 0 aliphatic rings. The van der Waals surface area contributed by atoms with Crippen LogP contribution in [0.5, 0.6) is 5.75 Å². The Morgan fingerprint density at radius 1 is 1.30 bits per heavy atom. The van der Waals surface area contributed by atoms with Crippen LogP contribution in [0.3, 0.4) is 0 Å². The number of para-hydroxylation sites is 1. The maximum atomic E-state index is 5.79. The Hall–Kier alpha value is -1.85. The third kappa shape index (κ3) is 4.36. The summed E-state index contributed by atoms with van der Waals surface area (Å²) in [4.78, 5) is 0. The highest BCUT2D eigenvalue weighted by Gasteiger charge is 2.05. The van der Waals surface area contributed by atoms with Crippen LogP contribution in [0.4, 0.5) is 0 Å². The van der Waals surface area contributed by atoms with Crippen LogP contribution in [0.15, 0.2) is 34.9 Å². The van der Waals surface area contributed by atoms with E-state index in [0.717, 1.165) is 35.9 Å². The number of hydrogen-bond acceptors (Lipinski definition) is 5. The molecule has 0 bridgehead atoms. The number of ether oxygens (including phenoxy) is 2. The zero-order valence-corrected chi connectivity index (χ0v) is 11.9. The fraction of sp³-hybridized carbons (Fsp3) is 0.400. The lowest BCUT2D eigenvalue weighted by atomic mass is 10.2. The second-order valence-electron chi connectivity index (χ2n) is 4.50. The van der Waals surface area contributed by atoms with E-state index in [1.807, 2.05) is 37.3 Å². The number of aryl methyl sites for hydroxylation is 1. The van der Waals surface area contributed by atoms with Crippen molar-refractivity contribution in [3.63, 3.8) is 0 Å². The minimum Gasteiger partial charge on any atom is -0.485 e. The molecule has 1 aromatic carbocycles. The van der Waals surface area contributed by atoms with Crippen molar-refractivity contribution in [2.24, 2.45) is 0 Å². The molecule has 0 aliphatic heterocycles. The fourth-order valence-electron chi connectivity index (χ4n) is 1.82. The first-order chi connectivity index (χ1) is 9.79. The van der Waals surface area contributed by atoms with Gasteiger partial charge in [0, 0.05) is 31.8 Å². The number of benzene rings is 1. The van der Waals surface area contributed by atoms with Gasteiger partial charge in [-0.05, 0) is 13.0 Å². The molecule has 5 nitrogen and oxygen atoms in total. The average molecular weight is 276 g/mol. The first-order valence-electron chi connectivity index (χ1n) is 6.62. The van der Waals surface area contributed by atoms with Gasteiger partial charge in [-0.25, -0.2) is 0 Å². The predicted molar refractivity (Wildman–Crippen MR) is 75.6 cm³/mol. The summed E-state index contributed by atoms with van der Waals surface area (Å²) in [6, 6.07) is 9.83. The van der Waals surface area contributed by atoms with Crippen LogP contribution in [0.25, 0.3) is 0 Å². The molecular weight excluding hydrogens is 256 g/mol. The standard InChI is InChI=1S/C15H20N2O3/c1-12-9-14(20-17-12)11-19-15-6-4-3-5-13(15)10-16-7-8-18-2/h3-6,9,16H,7-8,10-11H2,1-2H3. The van der Waals surface area contributed by atoms with Gasteiger partial charge in [0.25, 0.3) is 0 Å². The van der Waals surface area contributed by atoms with Crippen LogP contribution >= 0.6 is 0 Å². The number of aromatic nitrogens is 1. The molecule has 0 unspecified atom stereocenters. The molecule has 0 saturated heterocycles. The van der Waals surface area contributed by atoms with E-state index in [1.165, 1.54) is 0 Å². The molecule has 0 radical (unpaired) electrons. The smallest absolute Gasteiger partial charge is 0.174 e. The molecular formula is C15H20N2O3. The molecule has 1 heterocycles. The van der Waals surface area contributed by atoms with Crippen LogP contribution in [0.1, 0.15) is 17.0 Å². The maximum absolute atomic E-state index is 5.79. The third-order valence-corrected chi connectivity index (χ3v) is 2.82. The van der Waals surface area contributed by atoms with Crippen molar-refractivity contribution in [2.45, 2.75) is 20.1 Å². The maximum Gasteiger partial charge on any atom is 0.174 e. The number of nitrogens with zero attached hydrogens (tertiary/aromatic N) is 1. The van der Waals surface area contributed by atoms with Crippen molar-refractivity contribution in [2.75, 3.05) is 20.3 Å². The van der Waals surface area contributed by atoms with Gasteiger partial charge in [0.15, 0.2) is 5.76 Å². The lowest BCUT2D eigenvalue weighted by Crippen LogP contribution is -2.19. The Morgan fingerprint density at radius 2 is 2.15 bits per heavy atom. The molecule has 1 aromatic heterocycles. The van der Waals surface area contributed by atoms with Crippen LogP contribution in [-0.4, -0.2) is 25.4 Å². The van der Waals surface area contributed by atoms with Crippen LogP contribution in [-0.2, 0) is 17.9 Å². The van der Waals surface area contributed by atoms with Gasteiger partial charge in [0.05, 0.1) is 12.3 Å². The SMILES string of the molecule is COCCNCc1ccccc1OCc1cc(C)no1. The highest BCUT2D eigenvalue weighted by atomic mass is 16.5. The second kappa shape index (κ2) is 7.67. The van der Waals surface area contributed by atoms with Gasteiger partial charge in [0.1, 0.15) is 12.4 Å². The summed E-state index contributed by atoms with van der Waals surface area (Å²) >= 11 is 0. The first kappa shape index (κ1) is 14.6. The van der Waals surface area contributed by atoms with E-state index in [2.05, 4.69) is 10.5 Å². The first-order valence-corrected chi connectivity index (χ1v) is 6.62.